The lowest BCUT2D eigenvalue weighted by Crippen LogP contribution is -2.23. The van der Waals surface area contributed by atoms with Crippen molar-refractivity contribution < 1.29 is 14.3 Å². The van der Waals surface area contributed by atoms with Crippen LogP contribution >= 0.6 is 0 Å². The largest absolute Gasteiger partial charge is 0.454 e. The molecule has 2 aromatic carbocycles. The molecule has 0 radical (unpaired) electrons. The Kier molecular flexibility index (Phi) is 4.35. The third-order valence-electron chi connectivity index (χ3n) is 6.05. The molecule has 0 unspecified atom stereocenters. The second-order valence-electron chi connectivity index (χ2n) is 7.97. The molecule has 4 nitrogen and oxygen atoms in total. The molecule has 2 heterocycles. The fourth-order valence-electron chi connectivity index (χ4n) is 4.11. The number of carbonyl (C=O) groups excluding carboxylic acids is 1. The predicted molar refractivity (Wildman–Crippen MR) is 110 cm³/mol. The van der Waals surface area contributed by atoms with Gasteiger partial charge in [0.05, 0.1) is 5.41 Å². The van der Waals surface area contributed by atoms with Gasteiger partial charge >= 0.3 is 0 Å². The van der Waals surface area contributed by atoms with Gasteiger partial charge in [0.25, 0.3) is 0 Å². The maximum atomic E-state index is 13.2. The van der Waals surface area contributed by atoms with Gasteiger partial charge in [0.15, 0.2) is 11.5 Å². The summed E-state index contributed by atoms with van der Waals surface area (Å²) < 4.78 is 10.9. The lowest BCUT2D eigenvalue weighted by atomic mass is 9.88. The van der Waals surface area contributed by atoms with Crippen LogP contribution in [0, 0.1) is 6.92 Å². The Morgan fingerprint density at radius 3 is 2.59 bits per heavy atom. The standard InChI is InChI=1S/C25H23NO3/c1-17-5-2-3-6-18(17)13-20-7-4-8-21(26-20)15-24(27)25(11-12-25)19-9-10-22-23(14-19)29-16-28-22/h2-10,14H,11-13,15-16H2,1H3. The monoisotopic (exact) mass is 385 g/mol. The van der Waals surface area contributed by atoms with E-state index in [1.807, 2.05) is 42.5 Å². The molecule has 4 heteroatoms. The highest BCUT2D eigenvalue weighted by atomic mass is 16.7. The Hall–Kier alpha value is -3.14. The summed E-state index contributed by atoms with van der Waals surface area (Å²) in [7, 11) is 0. The Morgan fingerprint density at radius 2 is 1.76 bits per heavy atom. The first-order valence-corrected chi connectivity index (χ1v) is 10.1. The summed E-state index contributed by atoms with van der Waals surface area (Å²) in [6.45, 7) is 2.36. The third-order valence-corrected chi connectivity index (χ3v) is 6.05. The highest BCUT2D eigenvalue weighted by Crippen LogP contribution is 2.51. The Morgan fingerprint density at radius 1 is 0.966 bits per heavy atom. The van der Waals surface area contributed by atoms with Gasteiger partial charge in [-0.1, -0.05) is 36.4 Å². The molecule has 5 rings (SSSR count). The zero-order valence-electron chi connectivity index (χ0n) is 16.5. The molecule has 0 bridgehead atoms. The van der Waals surface area contributed by atoms with E-state index < -0.39 is 5.41 Å². The third kappa shape index (κ3) is 3.39. The zero-order valence-corrected chi connectivity index (χ0v) is 16.5. The molecule has 0 amide bonds. The van der Waals surface area contributed by atoms with Gasteiger partial charge in [-0.05, 0) is 60.7 Å². The molecule has 2 aliphatic rings. The predicted octanol–water partition coefficient (Wildman–Crippen LogP) is 4.55. The molecule has 0 spiro atoms. The minimum absolute atomic E-state index is 0.233. The number of benzene rings is 2. The van der Waals surface area contributed by atoms with E-state index in [4.69, 9.17) is 14.5 Å². The SMILES string of the molecule is Cc1ccccc1Cc1cccc(CC(=O)C2(c3ccc4c(c3)OCO4)CC2)n1. The van der Waals surface area contributed by atoms with Crippen LogP contribution in [-0.4, -0.2) is 17.6 Å². The maximum Gasteiger partial charge on any atom is 0.231 e. The minimum atomic E-state index is -0.394. The van der Waals surface area contributed by atoms with Crippen molar-refractivity contribution in [3.05, 3.63) is 88.7 Å². The molecule has 1 aromatic heterocycles. The molecule has 3 aromatic rings. The molecule has 0 N–H and O–H groups in total. The van der Waals surface area contributed by atoms with Crippen molar-refractivity contribution in [2.75, 3.05) is 6.79 Å². The highest BCUT2D eigenvalue weighted by molar-refractivity contribution is 5.94. The van der Waals surface area contributed by atoms with Crippen LogP contribution in [0.2, 0.25) is 0 Å². The second-order valence-corrected chi connectivity index (χ2v) is 7.97. The van der Waals surface area contributed by atoms with E-state index in [1.165, 1.54) is 11.1 Å². The van der Waals surface area contributed by atoms with E-state index >= 15 is 0 Å². The fraction of sp³-hybridized carbons (Fsp3) is 0.280. The molecular weight excluding hydrogens is 362 g/mol. The minimum Gasteiger partial charge on any atom is -0.454 e. The number of aryl methyl sites for hydroxylation is 1. The van der Waals surface area contributed by atoms with Crippen LogP contribution in [0.25, 0.3) is 0 Å². The number of ether oxygens (including phenoxy) is 2. The molecule has 29 heavy (non-hydrogen) atoms. The number of Topliss-reactive ketones (excluding diaryl/α,β-unsaturated/α-hetero) is 1. The van der Waals surface area contributed by atoms with E-state index in [0.717, 1.165) is 47.7 Å². The van der Waals surface area contributed by atoms with Gasteiger partial charge in [0, 0.05) is 24.2 Å². The summed E-state index contributed by atoms with van der Waals surface area (Å²) in [6.07, 6.45) is 2.90. The lowest BCUT2D eigenvalue weighted by molar-refractivity contribution is -0.120. The van der Waals surface area contributed by atoms with E-state index in [1.54, 1.807) is 0 Å². The van der Waals surface area contributed by atoms with Crippen molar-refractivity contribution >= 4 is 5.78 Å². The number of aromatic nitrogens is 1. The number of ketones is 1. The molecule has 1 aliphatic heterocycles. The maximum absolute atomic E-state index is 13.2. The molecule has 1 saturated carbocycles. The van der Waals surface area contributed by atoms with E-state index in [9.17, 15) is 4.79 Å². The first kappa shape index (κ1) is 17.9. The van der Waals surface area contributed by atoms with Crippen molar-refractivity contribution in [2.45, 2.75) is 38.0 Å². The van der Waals surface area contributed by atoms with Gasteiger partial charge in [0.1, 0.15) is 5.78 Å². The second kappa shape index (κ2) is 7.03. The van der Waals surface area contributed by atoms with Crippen LogP contribution in [0.5, 0.6) is 11.5 Å². The van der Waals surface area contributed by atoms with Crippen molar-refractivity contribution in [1.29, 1.82) is 0 Å². The summed E-state index contributed by atoms with van der Waals surface area (Å²) in [6, 6.07) is 20.2. The van der Waals surface area contributed by atoms with E-state index in [-0.39, 0.29) is 12.6 Å². The lowest BCUT2D eigenvalue weighted by Gasteiger charge is -2.15. The van der Waals surface area contributed by atoms with Crippen molar-refractivity contribution in [3.63, 3.8) is 0 Å². The zero-order chi connectivity index (χ0) is 19.8. The molecule has 0 saturated heterocycles. The molecule has 0 atom stereocenters. The number of carbonyl (C=O) groups is 1. The Labute approximate surface area is 170 Å². The smallest absolute Gasteiger partial charge is 0.231 e. The fourth-order valence-corrected chi connectivity index (χ4v) is 4.11. The number of fused-ring (bicyclic) bond motifs is 1. The average Bonchev–Trinajstić information content (AvgIpc) is 3.41. The normalized spacial score (nSPS) is 15.9. The average molecular weight is 385 g/mol. The number of nitrogens with zero attached hydrogens (tertiary/aromatic N) is 1. The highest BCUT2D eigenvalue weighted by Gasteiger charge is 2.50. The van der Waals surface area contributed by atoms with Gasteiger partial charge < -0.3 is 9.47 Å². The summed E-state index contributed by atoms with van der Waals surface area (Å²) in [5.41, 5.74) is 5.00. The van der Waals surface area contributed by atoms with Crippen molar-refractivity contribution in [2.24, 2.45) is 0 Å². The molecule has 1 fully saturated rings. The Bertz CT molecular complexity index is 1080. The van der Waals surface area contributed by atoms with Gasteiger partial charge in [-0.15, -0.1) is 0 Å². The molecule has 146 valence electrons. The number of rotatable bonds is 6. The summed E-state index contributed by atoms with van der Waals surface area (Å²) >= 11 is 0. The van der Waals surface area contributed by atoms with Gasteiger partial charge in [-0.25, -0.2) is 0 Å². The van der Waals surface area contributed by atoms with Crippen LogP contribution < -0.4 is 9.47 Å². The number of hydrogen-bond donors (Lipinski definition) is 0. The van der Waals surface area contributed by atoms with Crippen LogP contribution in [0.15, 0.2) is 60.7 Å². The first-order valence-electron chi connectivity index (χ1n) is 10.1. The number of hydrogen-bond acceptors (Lipinski definition) is 4. The van der Waals surface area contributed by atoms with Gasteiger partial charge in [0.2, 0.25) is 6.79 Å². The van der Waals surface area contributed by atoms with Crippen molar-refractivity contribution in [3.8, 4) is 11.5 Å². The first-order chi connectivity index (χ1) is 14.1. The number of pyridine rings is 1. The van der Waals surface area contributed by atoms with Crippen LogP contribution in [0.3, 0.4) is 0 Å². The van der Waals surface area contributed by atoms with E-state index in [2.05, 4.69) is 25.1 Å². The quantitative estimate of drug-likeness (QED) is 0.624. The van der Waals surface area contributed by atoms with Crippen LogP contribution in [-0.2, 0) is 23.1 Å². The topological polar surface area (TPSA) is 48.4 Å². The van der Waals surface area contributed by atoms with Crippen molar-refractivity contribution in [1.82, 2.24) is 4.98 Å². The summed E-state index contributed by atoms with van der Waals surface area (Å²) in [5.74, 6) is 1.72. The van der Waals surface area contributed by atoms with Crippen LogP contribution in [0.4, 0.5) is 0 Å². The summed E-state index contributed by atoms with van der Waals surface area (Å²) in [4.78, 5) is 18.0. The van der Waals surface area contributed by atoms with Gasteiger partial charge in [-0.3, -0.25) is 9.78 Å². The van der Waals surface area contributed by atoms with Crippen LogP contribution in [0.1, 0.15) is 40.9 Å². The molecular formula is C25H23NO3. The molecule has 1 aliphatic carbocycles. The Balaban J connectivity index is 1.34. The van der Waals surface area contributed by atoms with Gasteiger partial charge in [-0.2, -0.15) is 0 Å². The summed E-state index contributed by atoms with van der Waals surface area (Å²) in [5, 5.41) is 0. The van der Waals surface area contributed by atoms with E-state index in [0.29, 0.717) is 6.42 Å².